The molecule has 2 N–H and O–H groups in total. The molecular formula is C19H32N4O4. The van der Waals surface area contributed by atoms with E-state index in [0.717, 1.165) is 45.1 Å². The molecule has 2 atom stereocenters. The standard InChI is InChI=1S/C19H32N4O4/c1-19(2,3)16(17(26)23-11-7-8-14(23)13-24)21-18(27)20-12-15(25)22-9-5-4-6-10-22/h13-14,16H,4-12H2,1-3H3,(H2,20,21,27)/t14?,16-/m1/s1. The zero-order valence-corrected chi connectivity index (χ0v) is 16.6. The second-order valence-electron chi connectivity index (χ2n) is 8.44. The molecule has 0 spiro atoms. The van der Waals surface area contributed by atoms with Crippen LogP contribution in [0.5, 0.6) is 0 Å². The van der Waals surface area contributed by atoms with Crippen molar-refractivity contribution in [2.24, 2.45) is 5.41 Å². The quantitative estimate of drug-likeness (QED) is 0.693. The number of carbonyl (C=O) groups is 4. The first-order valence-corrected chi connectivity index (χ1v) is 9.82. The number of likely N-dealkylation sites (tertiary alicyclic amines) is 2. The third kappa shape index (κ3) is 5.68. The monoisotopic (exact) mass is 380 g/mol. The van der Waals surface area contributed by atoms with Gasteiger partial charge in [-0.15, -0.1) is 0 Å². The second kappa shape index (κ2) is 9.19. The van der Waals surface area contributed by atoms with E-state index in [1.165, 1.54) is 0 Å². The Kier molecular flexibility index (Phi) is 7.21. The summed E-state index contributed by atoms with van der Waals surface area (Å²) in [6, 6.07) is -1.74. The van der Waals surface area contributed by atoms with Crippen LogP contribution in [0.1, 0.15) is 52.9 Å². The van der Waals surface area contributed by atoms with Gasteiger partial charge in [0.25, 0.3) is 0 Å². The van der Waals surface area contributed by atoms with Crippen molar-refractivity contribution >= 4 is 24.1 Å². The summed E-state index contributed by atoms with van der Waals surface area (Å²) in [4.78, 5) is 51.9. The van der Waals surface area contributed by atoms with Gasteiger partial charge in [0.2, 0.25) is 11.8 Å². The number of amides is 4. The van der Waals surface area contributed by atoms with Crippen LogP contribution in [-0.4, -0.2) is 72.2 Å². The summed E-state index contributed by atoms with van der Waals surface area (Å²) in [6.07, 6.45) is 5.34. The van der Waals surface area contributed by atoms with Gasteiger partial charge in [-0.3, -0.25) is 9.59 Å². The maximum absolute atomic E-state index is 12.9. The van der Waals surface area contributed by atoms with Crippen molar-refractivity contribution < 1.29 is 19.2 Å². The van der Waals surface area contributed by atoms with Crippen molar-refractivity contribution in [3.8, 4) is 0 Å². The molecule has 0 radical (unpaired) electrons. The van der Waals surface area contributed by atoms with Crippen molar-refractivity contribution in [3.05, 3.63) is 0 Å². The molecule has 0 saturated carbocycles. The van der Waals surface area contributed by atoms with Crippen molar-refractivity contribution in [2.45, 2.75) is 65.0 Å². The predicted octanol–water partition coefficient (Wildman–Crippen LogP) is 0.903. The van der Waals surface area contributed by atoms with E-state index in [-0.39, 0.29) is 18.4 Å². The maximum Gasteiger partial charge on any atom is 0.315 e. The largest absolute Gasteiger partial charge is 0.341 e. The Hall–Kier alpha value is -2.12. The van der Waals surface area contributed by atoms with E-state index < -0.39 is 23.5 Å². The van der Waals surface area contributed by atoms with E-state index >= 15 is 0 Å². The highest BCUT2D eigenvalue weighted by Gasteiger charge is 2.39. The minimum Gasteiger partial charge on any atom is -0.341 e. The lowest BCUT2D eigenvalue weighted by Crippen LogP contribution is -2.58. The highest BCUT2D eigenvalue weighted by Crippen LogP contribution is 2.25. The first-order chi connectivity index (χ1) is 12.7. The van der Waals surface area contributed by atoms with E-state index in [9.17, 15) is 19.2 Å². The smallest absolute Gasteiger partial charge is 0.315 e. The molecule has 0 aromatic heterocycles. The lowest BCUT2D eigenvalue weighted by atomic mass is 9.85. The van der Waals surface area contributed by atoms with E-state index in [4.69, 9.17) is 0 Å². The number of hydrogen-bond acceptors (Lipinski definition) is 4. The molecular weight excluding hydrogens is 348 g/mol. The Balaban J connectivity index is 1.93. The summed E-state index contributed by atoms with van der Waals surface area (Å²) in [5.41, 5.74) is -0.526. The van der Waals surface area contributed by atoms with Crippen molar-refractivity contribution in [1.82, 2.24) is 20.4 Å². The van der Waals surface area contributed by atoms with Crippen LogP contribution in [0.2, 0.25) is 0 Å². The fourth-order valence-electron chi connectivity index (χ4n) is 3.62. The van der Waals surface area contributed by atoms with Crippen LogP contribution in [-0.2, 0) is 14.4 Å². The van der Waals surface area contributed by atoms with Gasteiger partial charge in [0, 0.05) is 19.6 Å². The van der Waals surface area contributed by atoms with Crippen LogP contribution in [0, 0.1) is 5.41 Å². The topological polar surface area (TPSA) is 98.8 Å². The highest BCUT2D eigenvalue weighted by molar-refractivity contribution is 5.91. The minimum atomic E-state index is -0.775. The lowest BCUT2D eigenvalue weighted by Gasteiger charge is -2.34. The molecule has 0 aromatic rings. The second-order valence-corrected chi connectivity index (χ2v) is 8.44. The van der Waals surface area contributed by atoms with Crippen LogP contribution in [0.3, 0.4) is 0 Å². The Labute approximate surface area is 161 Å². The van der Waals surface area contributed by atoms with Crippen molar-refractivity contribution in [3.63, 3.8) is 0 Å². The van der Waals surface area contributed by atoms with Gasteiger partial charge in [-0.05, 0) is 37.5 Å². The minimum absolute atomic E-state index is 0.0858. The molecule has 2 saturated heterocycles. The maximum atomic E-state index is 12.9. The van der Waals surface area contributed by atoms with Gasteiger partial charge in [-0.2, -0.15) is 0 Å². The number of carbonyl (C=O) groups excluding carboxylic acids is 4. The Morgan fingerprint density at radius 1 is 1.07 bits per heavy atom. The molecule has 2 heterocycles. The van der Waals surface area contributed by atoms with Gasteiger partial charge in [-0.25, -0.2) is 4.79 Å². The Morgan fingerprint density at radius 3 is 2.33 bits per heavy atom. The highest BCUT2D eigenvalue weighted by atomic mass is 16.2. The first kappa shape index (κ1) is 21.2. The molecule has 0 aliphatic carbocycles. The third-order valence-corrected chi connectivity index (χ3v) is 5.24. The Morgan fingerprint density at radius 2 is 1.74 bits per heavy atom. The molecule has 2 rings (SSSR count). The molecule has 4 amide bonds. The Bertz CT molecular complexity index is 567. The van der Waals surface area contributed by atoms with Gasteiger partial charge < -0.3 is 25.2 Å². The number of nitrogens with zero attached hydrogens (tertiary/aromatic N) is 2. The molecule has 0 aromatic carbocycles. The van der Waals surface area contributed by atoms with E-state index in [0.29, 0.717) is 13.0 Å². The fourth-order valence-corrected chi connectivity index (χ4v) is 3.62. The van der Waals surface area contributed by atoms with Gasteiger partial charge in [0.15, 0.2) is 0 Å². The summed E-state index contributed by atoms with van der Waals surface area (Å²) in [6.45, 7) is 7.48. The van der Waals surface area contributed by atoms with Gasteiger partial charge in [0.05, 0.1) is 12.6 Å². The number of rotatable bonds is 5. The van der Waals surface area contributed by atoms with Crippen LogP contribution < -0.4 is 10.6 Å². The molecule has 8 heteroatoms. The number of piperidine rings is 1. The molecule has 152 valence electrons. The molecule has 0 bridgehead atoms. The van der Waals surface area contributed by atoms with Crippen LogP contribution in [0.4, 0.5) is 4.79 Å². The third-order valence-electron chi connectivity index (χ3n) is 5.24. The van der Waals surface area contributed by atoms with Crippen LogP contribution in [0.25, 0.3) is 0 Å². The molecule has 2 aliphatic heterocycles. The van der Waals surface area contributed by atoms with E-state index in [1.807, 2.05) is 20.8 Å². The average Bonchev–Trinajstić information content (AvgIpc) is 3.12. The van der Waals surface area contributed by atoms with Gasteiger partial charge >= 0.3 is 6.03 Å². The van der Waals surface area contributed by atoms with Gasteiger partial charge in [-0.1, -0.05) is 20.8 Å². The zero-order chi connectivity index (χ0) is 20.0. The lowest BCUT2D eigenvalue weighted by molar-refractivity contribution is -0.138. The number of urea groups is 1. The summed E-state index contributed by atoms with van der Waals surface area (Å²) in [5, 5.41) is 5.28. The average molecular weight is 380 g/mol. The normalized spacial score (nSPS) is 21.5. The van der Waals surface area contributed by atoms with E-state index in [2.05, 4.69) is 10.6 Å². The molecule has 8 nitrogen and oxygen atoms in total. The number of aldehydes is 1. The first-order valence-electron chi connectivity index (χ1n) is 9.82. The van der Waals surface area contributed by atoms with Gasteiger partial charge in [0.1, 0.15) is 12.3 Å². The van der Waals surface area contributed by atoms with E-state index in [1.54, 1.807) is 9.80 Å². The van der Waals surface area contributed by atoms with Crippen molar-refractivity contribution in [2.75, 3.05) is 26.2 Å². The van der Waals surface area contributed by atoms with Crippen LogP contribution >= 0.6 is 0 Å². The number of nitrogens with one attached hydrogen (secondary N) is 2. The number of hydrogen-bond donors (Lipinski definition) is 2. The summed E-state index contributed by atoms with van der Waals surface area (Å²) in [7, 11) is 0. The molecule has 2 aliphatic rings. The fraction of sp³-hybridized carbons (Fsp3) is 0.789. The van der Waals surface area contributed by atoms with Crippen molar-refractivity contribution in [1.29, 1.82) is 0 Å². The SMILES string of the molecule is CC(C)(C)[C@H](NC(=O)NCC(=O)N1CCCCC1)C(=O)N1CCCC1C=O. The summed E-state index contributed by atoms with van der Waals surface area (Å²) < 4.78 is 0. The zero-order valence-electron chi connectivity index (χ0n) is 16.6. The summed E-state index contributed by atoms with van der Waals surface area (Å²) >= 11 is 0. The van der Waals surface area contributed by atoms with Crippen LogP contribution in [0.15, 0.2) is 0 Å². The summed E-state index contributed by atoms with van der Waals surface area (Å²) in [5.74, 6) is -0.362. The molecule has 1 unspecified atom stereocenters. The molecule has 27 heavy (non-hydrogen) atoms. The molecule has 2 fully saturated rings. The predicted molar refractivity (Wildman–Crippen MR) is 101 cm³/mol.